The van der Waals surface area contributed by atoms with Gasteiger partial charge in [0, 0.05) is 27.2 Å². The molecule has 25 heavy (non-hydrogen) atoms. The lowest BCUT2D eigenvalue weighted by molar-refractivity contribution is 0.0790. The van der Waals surface area contributed by atoms with Crippen LogP contribution in [0.5, 0.6) is 5.75 Å². The van der Waals surface area contributed by atoms with Gasteiger partial charge in [-0.1, -0.05) is 0 Å². The van der Waals surface area contributed by atoms with Gasteiger partial charge < -0.3 is 19.7 Å². The summed E-state index contributed by atoms with van der Waals surface area (Å²) < 4.78 is 10.5. The standard InChI is InChI=1S/C17H25N5O3/c1-13-16(17(23)21(3)10-9-18-2)20-22(19-13)14-5-7-15(8-6-14)25-12-11-24-4/h5-8,18H,9-12H2,1-4H3. The van der Waals surface area contributed by atoms with Crippen LogP contribution >= 0.6 is 0 Å². The van der Waals surface area contributed by atoms with Crippen LogP contribution in [0.15, 0.2) is 24.3 Å². The Balaban J connectivity index is 2.09. The summed E-state index contributed by atoms with van der Waals surface area (Å²) in [6.07, 6.45) is 0. The van der Waals surface area contributed by atoms with E-state index in [1.165, 1.54) is 4.80 Å². The molecule has 1 heterocycles. The van der Waals surface area contributed by atoms with Crippen molar-refractivity contribution in [3.63, 3.8) is 0 Å². The average molecular weight is 347 g/mol. The second kappa shape index (κ2) is 9.14. The Bertz CT molecular complexity index is 684. The van der Waals surface area contributed by atoms with Crippen molar-refractivity contribution in [3.8, 4) is 11.4 Å². The highest BCUT2D eigenvalue weighted by molar-refractivity contribution is 5.93. The number of likely N-dealkylation sites (N-methyl/N-ethyl adjacent to an activating group) is 2. The van der Waals surface area contributed by atoms with Crippen molar-refractivity contribution >= 4 is 5.91 Å². The third kappa shape index (κ3) is 5.01. The van der Waals surface area contributed by atoms with Crippen molar-refractivity contribution in [3.05, 3.63) is 35.7 Å². The van der Waals surface area contributed by atoms with E-state index in [2.05, 4.69) is 15.5 Å². The number of nitrogens with one attached hydrogen (secondary N) is 1. The number of aryl methyl sites for hydroxylation is 1. The number of carbonyl (C=O) groups excluding carboxylic acids is 1. The van der Waals surface area contributed by atoms with Gasteiger partial charge in [0.05, 0.1) is 18.0 Å². The van der Waals surface area contributed by atoms with Gasteiger partial charge in [-0.25, -0.2) is 0 Å². The van der Waals surface area contributed by atoms with Gasteiger partial charge in [-0.3, -0.25) is 4.79 Å². The fourth-order valence-corrected chi connectivity index (χ4v) is 2.17. The Hall–Kier alpha value is -2.45. The predicted octanol–water partition coefficient (Wildman–Crippen LogP) is 0.892. The Kier molecular flexibility index (Phi) is 6.91. The molecular weight excluding hydrogens is 322 g/mol. The summed E-state index contributed by atoms with van der Waals surface area (Å²) in [5.74, 6) is 0.603. The fourth-order valence-electron chi connectivity index (χ4n) is 2.17. The lowest BCUT2D eigenvalue weighted by Gasteiger charge is -2.15. The summed E-state index contributed by atoms with van der Waals surface area (Å²) in [6, 6.07) is 7.37. The Morgan fingerprint density at radius 1 is 1.24 bits per heavy atom. The number of ether oxygens (including phenoxy) is 2. The average Bonchev–Trinajstić information content (AvgIpc) is 3.01. The summed E-state index contributed by atoms with van der Waals surface area (Å²) >= 11 is 0. The number of methoxy groups -OCH3 is 1. The fraction of sp³-hybridized carbons (Fsp3) is 0.471. The lowest BCUT2D eigenvalue weighted by Crippen LogP contribution is -2.33. The van der Waals surface area contributed by atoms with E-state index in [4.69, 9.17) is 9.47 Å². The van der Waals surface area contributed by atoms with E-state index in [-0.39, 0.29) is 5.91 Å². The van der Waals surface area contributed by atoms with Crippen LogP contribution in [0, 0.1) is 6.92 Å². The summed E-state index contributed by atoms with van der Waals surface area (Å²) in [5.41, 5.74) is 1.72. The van der Waals surface area contributed by atoms with Crippen molar-refractivity contribution in [1.29, 1.82) is 0 Å². The highest BCUT2D eigenvalue weighted by Gasteiger charge is 2.19. The molecule has 0 aliphatic heterocycles. The van der Waals surface area contributed by atoms with E-state index in [9.17, 15) is 4.79 Å². The van der Waals surface area contributed by atoms with Crippen LogP contribution in [-0.2, 0) is 4.74 Å². The summed E-state index contributed by atoms with van der Waals surface area (Å²) in [4.78, 5) is 15.6. The molecule has 0 unspecified atom stereocenters. The number of rotatable bonds is 9. The van der Waals surface area contributed by atoms with E-state index in [1.807, 2.05) is 31.3 Å². The van der Waals surface area contributed by atoms with Crippen molar-refractivity contribution in [1.82, 2.24) is 25.2 Å². The zero-order chi connectivity index (χ0) is 18.2. The van der Waals surface area contributed by atoms with Gasteiger partial charge in [-0.05, 0) is 38.2 Å². The molecule has 8 heteroatoms. The first-order valence-electron chi connectivity index (χ1n) is 8.13. The van der Waals surface area contributed by atoms with Crippen molar-refractivity contribution in [2.75, 3.05) is 47.5 Å². The number of hydrogen-bond donors (Lipinski definition) is 1. The lowest BCUT2D eigenvalue weighted by atomic mass is 10.3. The molecule has 2 aromatic rings. The zero-order valence-corrected chi connectivity index (χ0v) is 15.2. The molecule has 1 N–H and O–H groups in total. The molecular formula is C17H25N5O3. The number of hydrogen-bond acceptors (Lipinski definition) is 6. The minimum absolute atomic E-state index is 0.140. The summed E-state index contributed by atoms with van der Waals surface area (Å²) in [5, 5.41) is 11.7. The predicted molar refractivity (Wildman–Crippen MR) is 94.4 cm³/mol. The minimum atomic E-state index is -0.140. The maximum absolute atomic E-state index is 12.5. The number of carbonyl (C=O) groups is 1. The summed E-state index contributed by atoms with van der Waals surface area (Å²) in [7, 11) is 5.24. The van der Waals surface area contributed by atoms with Crippen molar-refractivity contribution < 1.29 is 14.3 Å². The van der Waals surface area contributed by atoms with Gasteiger partial charge >= 0.3 is 0 Å². The van der Waals surface area contributed by atoms with Crippen LogP contribution in [0.25, 0.3) is 5.69 Å². The molecule has 0 fully saturated rings. The molecule has 136 valence electrons. The van der Waals surface area contributed by atoms with Crippen LogP contribution in [0.2, 0.25) is 0 Å². The maximum Gasteiger partial charge on any atom is 0.276 e. The molecule has 1 aromatic heterocycles. The molecule has 0 spiro atoms. The molecule has 0 aliphatic carbocycles. The van der Waals surface area contributed by atoms with Crippen molar-refractivity contribution in [2.24, 2.45) is 0 Å². The zero-order valence-electron chi connectivity index (χ0n) is 15.2. The molecule has 0 radical (unpaired) electrons. The van der Waals surface area contributed by atoms with E-state index in [1.54, 1.807) is 26.0 Å². The molecule has 0 saturated heterocycles. The molecule has 0 aliphatic rings. The third-order valence-electron chi connectivity index (χ3n) is 3.65. The Morgan fingerprint density at radius 3 is 2.60 bits per heavy atom. The highest BCUT2D eigenvalue weighted by Crippen LogP contribution is 2.15. The monoisotopic (exact) mass is 347 g/mol. The van der Waals surface area contributed by atoms with E-state index >= 15 is 0 Å². The molecule has 2 rings (SSSR count). The SMILES string of the molecule is CNCCN(C)C(=O)c1nn(-c2ccc(OCCOC)cc2)nc1C. The van der Waals surface area contributed by atoms with E-state index < -0.39 is 0 Å². The first-order chi connectivity index (χ1) is 12.1. The van der Waals surface area contributed by atoms with Gasteiger partial charge in [0.15, 0.2) is 5.69 Å². The third-order valence-corrected chi connectivity index (χ3v) is 3.65. The molecule has 1 amide bonds. The van der Waals surface area contributed by atoms with Gasteiger partial charge in [-0.15, -0.1) is 5.10 Å². The minimum Gasteiger partial charge on any atom is -0.491 e. The van der Waals surface area contributed by atoms with Gasteiger partial charge in [0.25, 0.3) is 5.91 Å². The van der Waals surface area contributed by atoms with Crippen LogP contribution in [-0.4, -0.2) is 73.3 Å². The summed E-state index contributed by atoms with van der Waals surface area (Å²) in [6.45, 7) is 4.14. The normalized spacial score (nSPS) is 10.7. The van der Waals surface area contributed by atoms with Gasteiger partial charge in [0.2, 0.25) is 0 Å². The molecule has 0 saturated carbocycles. The number of aromatic nitrogens is 3. The number of benzene rings is 1. The topological polar surface area (TPSA) is 81.5 Å². The van der Waals surface area contributed by atoms with Crippen LogP contribution in [0.1, 0.15) is 16.2 Å². The Morgan fingerprint density at radius 2 is 1.96 bits per heavy atom. The van der Waals surface area contributed by atoms with Crippen molar-refractivity contribution in [2.45, 2.75) is 6.92 Å². The number of nitrogens with zero attached hydrogens (tertiary/aromatic N) is 4. The maximum atomic E-state index is 12.5. The molecule has 0 bridgehead atoms. The largest absolute Gasteiger partial charge is 0.491 e. The first kappa shape index (κ1) is 18.9. The second-order valence-electron chi connectivity index (χ2n) is 5.59. The van der Waals surface area contributed by atoms with Gasteiger partial charge in [-0.2, -0.15) is 9.90 Å². The quantitative estimate of drug-likeness (QED) is 0.679. The first-order valence-corrected chi connectivity index (χ1v) is 8.13. The molecule has 0 atom stereocenters. The molecule has 1 aromatic carbocycles. The second-order valence-corrected chi connectivity index (χ2v) is 5.59. The van der Waals surface area contributed by atoms with Crippen LogP contribution in [0.4, 0.5) is 0 Å². The van der Waals surface area contributed by atoms with E-state index in [0.29, 0.717) is 31.1 Å². The Labute approximate surface area is 147 Å². The van der Waals surface area contributed by atoms with Crippen LogP contribution in [0.3, 0.4) is 0 Å². The number of amides is 1. The van der Waals surface area contributed by atoms with E-state index in [0.717, 1.165) is 18.0 Å². The van der Waals surface area contributed by atoms with Crippen LogP contribution < -0.4 is 10.1 Å². The van der Waals surface area contributed by atoms with Gasteiger partial charge in [0.1, 0.15) is 12.4 Å². The molecule has 8 nitrogen and oxygen atoms in total. The highest BCUT2D eigenvalue weighted by atomic mass is 16.5. The smallest absolute Gasteiger partial charge is 0.276 e.